The normalized spacial score (nSPS) is 19.5. The van der Waals surface area contributed by atoms with Crippen molar-refractivity contribution in [3.05, 3.63) is 35.4 Å². The van der Waals surface area contributed by atoms with Crippen LogP contribution in [0.3, 0.4) is 0 Å². The lowest BCUT2D eigenvalue weighted by Gasteiger charge is -2.43. The number of nitrogens with zero attached hydrogens (tertiary/aromatic N) is 4. The number of amides is 4. The van der Waals surface area contributed by atoms with E-state index in [2.05, 4.69) is 0 Å². The predicted octanol–water partition coefficient (Wildman–Crippen LogP) is 1.45. The Kier molecular flexibility index (Phi) is 6.33. The van der Waals surface area contributed by atoms with Gasteiger partial charge in [0.15, 0.2) is 10.2 Å². The molecule has 33 heavy (non-hydrogen) atoms. The quantitative estimate of drug-likeness (QED) is 0.462. The van der Waals surface area contributed by atoms with Gasteiger partial charge >= 0.3 is 6.18 Å². The molecule has 2 fully saturated rings. The summed E-state index contributed by atoms with van der Waals surface area (Å²) in [5.41, 5.74) is -1.21. The van der Waals surface area contributed by atoms with Gasteiger partial charge in [0.2, 0.25) is 23.6 Å². The molecular weight excluding hydrogens is 481 g/mol. The Labute approximate surface area is 197 Å². The van der Waals surface area contributed by atoms with E-state index in [1.54, 1.807) is 0 Å². The smallest absolute Gasteiger partial charge is 0.291 e. The van der Waals surface area contributed by atoms with Gasteiger partial charge in [0.25, 0.3) is 0 Å². The van der Waals surface area contributed by atoms with Crippen LogP contribution in [0.1, 0.15) is 17.0 Å². The van der Waals surface area contributed by atoms with Gasteiger partial charge in [0, 0.05) is 34.1 Å². The summed E-state index contributed by atoms with van der Waals surface area (Å²) in [7, 11) is 5.23. The third kappa shape index (κ3) is 3.99. The lowest BCUT2D eigenvalue weighted by Crippen LogP contribution is -2.63. The van der Waals surface area contributed by atoms with Crippen molar-refractivity contribution >= 4 is 58.3 Å². The molecule has 176 valence electrons. The summed E-state index contributed by atoms with van der Waals surface area (Å²) in [6.45, 7) is 0. The molecule has 0 spiro atoms. The Balaban J connectivity index is 2.26. The minimum absolute atomic E-state index is 0.110. The van der Waals surface area contributed by atoms with Gasteiger partial charge in [-0.15, -0.1) is 0 Å². The first-order chi connectivity index (χ1) is 15.2. The number of thiocarbonyl (C=S) groups is 2. The van der Waals surface area contributed by atoms with Crippen LogP contribution in [0.25, 0.3) is 0 Å². The van der Waals surface area contributed by atoms with E-state index in [9.17, 15) is 32.3 Å². The van der Waals surface area contributed by atoms with Crippen LogP contribution in [-0.4, -0.2) is 81.6 Å². The molecule has 2 heterocycles. The fraction of sp³-hybridized carbons (Fsp3) is 0.400. The molecule has 3 rings (SSSR count). The SMILES string of the molecule is CN1C(=O)C(C(c2cccc(C(F)(F)F)c2)C2C(=O)N(C)C(=S)N(C)C2=O)C(=O)N(C)C1=S. The molecule has 1 aromatic rings. The molecular formula is C20H19F3N4O4S2. The van der Waals surface area contributed by atoms with E-state index >= 15 is 0 Å². The minimum atomic E-state index is -4.73. The average Bonchev–Trinajstić information content (AvgIpc) is 2.77. The second-order valence-corrected chi connectivity index (χ2v) is 8.49. The first-order valence-electron chi connectivity index (χ1n) is 9.55. The summed E-state index contributed by atoms with van der Waals surface area (Å²) >= 11 is 10.2. The van der Waals surface area contributed by atoms with Crippen molar-refractivity contribution in [1.29, 1.82) is 0 Å². The van der Waals surface area contributed by atoms with Gasteiger partial charge in [-0.3, -0.25) is 38.8 Å². The van der Waals surface area contributed by atoms with Crippen molar-refractivity contribution in [2.45, 2.75) is 12.1 Å². The van der Waals surface area contributed by atoms with Gasteiger partial charge in [-0.05, 0) is 36.1 Å². The van der Waals surface area contributed by atoms with Crippen LogP contribution in [0.4, 0.5) is 13.2 Å². The van der Waals surface area contributed by atoms with Gasteiger partial charge in [-0.1, -0.05) is 18.2 Å². The first kappa shape index (κ1) is 24.7. The van der Waals surface area contributed by atoms with Crippen molar-refractivity contribution in [3.63, 3.8) is 0 Å². The third-order valence-corrected chi connectivity index (χ3v) is 6.95. The number of hydrogen-bond donors (Lipinski definition) is 0. The highest BCUT2D eigenvalue weighted by Crippen LogP contribution is 2.41. The summed E-state index contributed by atoms with van der Waals surface area (Å²) < 4.78 is 40.3. The lowest BCUT2D eigenvalue weighted by atomic mass is 9.73. The number of carbonyl (C=O) groups is 4. The summed E-state index contributed by atoms with van der Waals surface area (Å²) in [5.74, 6) is -8.18. The number of benzene rings is 1. The van der Waals surface area contributed by atoms with Crippen LogP contribution < -0.4 is 0 Å². The van der Waals surface area contributed by atoms with E-state index in [-0.39, 0.29) is 15.8 Å². The molecule has 0 atom stereocenters. The Morgan fingerprint density at radius 2 is 1.12 bits per heavy atom. The zero-order valence-electron chi connectivity index (χ0n) is 17.9. The molecule has 0 bridgehead atoms. The van der Waals surface area contributed by atoms with Crippen molar-refractivity contribution < 1.29 is 32.3 Å². The largest absolute Gasteiger partial charge is 0.416 e. The highest BCUT2D eigenvalue weighted by Gasteiger charge is 2.54. The summed E-state index contributed by atoms with van der Waals surface area (Å²) in [6, 6.07) is 3.90. The second kappa shape index (κ2) is 8.45. The highest BCUT2D eigenvalue weighted by atomic mass is 32.1. The minimum Gasteiger partial charge on any atom is -0.291 e. The van der Waals surface area contributed by atoms with Crippen molar-refractivity contribution in [1.82, 2.24) is 19.6 Å². The molecule has 2 aliphatic rings. The lowest BCUT2D eigenvalue weighted by molar-refractivity contribution is -0.152. The van der Waals surface area contributed by atoms with Gasteiger partial charge in [-0.2, -0.15) is 13.2 Å². The first-order valence-corrected chi connectivity index (χ1v) is 10.4. The molecule has 0 unspecified atom stereocenters. The van der Waals surface area contributed by atoms with Crippen molar-refractivity contribution in [2.24, 2.45) is 11.8 Å². The number of hydrogen-bond acceptors (Lipinski definition) is 6. The zero-order valence-corrected chi connectivity index (χ0v) is 19.5. The summed E-state index contributed by atoms with van der Waals surface area (Å²) in [6.07, 6.45) is -4.73. The average molecular weight is 501 g/mol. The fourth-order valence-corrected chi connectivity index (χ4v) is 4.35. The maximum Gasteiger partial charge on any atom is 0.416 e. The van der Waals surface area contributed by atoms with E-state index in [0.717, 1.165) is 37.8 Å². The molecule has 8 nitrogen and oxygen atoms in total. The molecule has 0 N–H and O–H groups in total. The Morgan fingerprint density at radius 3 is 1.45 bits per heavy atom. The van der Waals surface area contributed by atoms with Gasteiger partial charge in [0.1, 0.15) is 11.8 Å². The van der Waals surface area contributed by atoms with Crippen LogP contribution in [-0.2, 0) is 25.4 Å². The zero-order chi connectivity index (χ0) is 25.0. The topological polar surface area (TPSA) is 81.2 Å². The van der Waals surface area contributed by atoms with Gasteiger partial charge in [0.05, 0.1) is 5.56 Å². The molecule has 0 saturated carbocycles. The van der Waals surface area contributed by atoms with Crippen LogP contribution in [0.5, 0.6) is 0 Å². The maximum absolute atomic E-state index is 13.4. The predicted molar refractivity (Wildman–Crippen MR) is 117 cm³/mol. The number of rotatable bonds is 3. The van der Waals surface area contributed by atoms with Crippen LogP contribution in [0, 0.1) is 11.8 Å². The van der Waals surface area contributed by atoms with Gasteiger partial charge in [-0.25, -0.2) is 0 Å². The molecule has 4 amide bonds. The van der Waals surface area contributed by atoms with Crippen molar-refractivity contribution in [2.75, 3.05) is 28.2 Å². The van der Waals surface area contributed by atoms with Gasteiger partial charge < -0.3 is 0 Å². The molecule has 2 aliphatic heterocycles. The monoisotopic (exact) mass is 500 g/mol. The van der Waals surface area contributed by atoms with E-state index in [1.165, 1.54) is 34.3 Å². The maximum atomic E-state index is 13.4. The van der Waals surface area contributed by atoms with E-state index < -0.39 is 53.1 Å². The van der Waals surface area contributed by atoms with Crippen molar-refractivity contribution in [3.8, 4) is 0 Å². The number of carbonyl (C=O) groups excluding carboxylic acids is 4. The Hall–Kier alpha value is -2.93. The Bertz CT molecular complexity index is 989. The van der Waals surface area contributed by atoms with E-state index in [1.807, 2.05) is 0 Å². The van der Waals surface area contributed by atoms with Crippen LogP contribution in [0.2, 0.25) is 0 Å². The fourth-order valence-electron chi connectivity index (χ4n) is 3.99. The molecule has 1 aromatic carbocycles. The summed E-state index contributed by atoms with van der Waals surface area (Å²) in [4.78, 5) is 56.7. The van der Waals surface area contributed by atoms with E-state index in [4.69, 9.17) is 24.4 Å². The molecule has 13 heteroatoms. The Morgan fingerprint density at radius 1 is 0.758 bits per heavy atom. The summed E-state index contributed by atoms with van der Waals surface area (Å²) in [5, 5.41) is -0.221. The molecule has 0 radical (unpaired) electrons. The third-order valence-electron chi connectivity index (χ3n) is 5.85. The second-order valence-electron chi connectivity index (χ2n) is 7.76. The number of alkyl halides is 3. The standard InChI is InChI=1S/C20H19F3N4O4S2/c1-24-14(28)12(15(29)25(2)18(24)32)11(9-6-5-7-10(8-9)20(21,22)23)13-16(30)26(3)19(33)27(4)17(13)31/h5-8,11-13H,1-4H3. The molecule has 2 saturated heterocycles. The van der Waals surface area contributed by atoms with Crippen LogP contribution >= 0.6 is 24.4 Å². The highest BCUT2D eigenvalue weighted by molar-refractivity contribution is 7.80. The van der Waals surface area contributed by atoms with Crippen LogP contribution in [0.15, 0.2) is 24.3 Å². The van der Waals surface area contributed by atoms with E-state index in [0.29, 0.717) is 0 Å². The molecule has 0 aromatic heterocycles. The number of halogens is 3. The molecule has 0 aliphatic carbocycles.